The fourth-order valence-electron chi connectivity index (χ4n) is 1.44. The summed E-state index contributed by atoms with van der Waals surface area (Å²) >= 11 is 5.74. The van der Waals surface area contributed by atoms with E-state index in [2.05, 4.69) is 20.4 Å². The van der Waals surface area contributed by atoms with Crippen molar-refractivity contribution in [1.29, 1.82) is 0 Å². The standard InChI is InChI=1S/C11H12ClN5O/c1-8-9(2-3-10(12)15-8)16-11(18)4-5-17-7-13-6-14-17/h2-3,6-7H,4-5H2,1H3,(H,16,18). The molecular weight excluding hydrogens is 254 g/mol. The predicted octanol–water partition coefficient (Wildman–Crippen LogP) is 1.66. The number of anilines is 1. The van der Waals surface area contributed by atoms with Crippen LogP contribution in [-0.2, 0) is 11.3 Å². The fraction of sp³-hybridized carbons (Fsp3) is 0.273. The summed E-state index contributed by atoms with van der Waals surface area (Å²) in [5.41, 5.74) is 1.36. The molecule has 0 bridgehead atoms. The summed E-state index contributed by atoms with van der Waals surface area (Å²) in [5, 5.41) is 7.11. The number of nitrogens with zero attached hydrogens (tertiary/aromatic N) is 4. The Bertz CT molecular complexity index is 540. The zero-order valence-corrected chi connectivity index (χ0v) is 10.6. The first-order valence-corrected chi connectivity index (χ1v) is 5.78. The van der Waals surface area contributed by atoms with Crippen LogP contribution in [0.1, 0.15) is 12.1 Å². The normalized spacial score (nSPS) is 10.3. The van der Waals surface area contributed by atoms with Gasteiger partial charge in [0.25, 0.3) is 0 Å². The molecule has 1 amide bonds. The Labute approximate surface area is 109 Å². The first kappa shape index (κ1) is 12.5. The zero-order chi connectivity index (χ0) is 13.0. The minimum Gasteiger partial charge on any atom is -0.324 e. The Morgan fingerprint density at radius 1 is 1.50 bits per heavy atom. The van der Waals surface area contributed by atoms with Gasteiger partial charge in [-0.2, -0.15) is 5.10 Å². The van der Waals surface area contributed by atoms with Crippen molar-refractivity contribution in [2.24, 2.45) is 0 Å². The number of rotatable bonds is 4. The van der Waals surface area contributed by atoms with Gasteiger partial charge in [0.15, 0.2) is 0 Å². The summed E-state index contributed by atoms with van der Waals surface area (Å²) in [5.74, 6) is -0.0993. The summed E-state index contributed by atoms with van der Waals surface area (Å²) in [7, 11) is 0. The van der Waals surface area contributed by atoms with Gasteiger partial charge < -0.3 is 5.32 Å². The summed E-state index contributed by atoms with van der Waals surface area (Å²) < 4.78 is 1.60. The van der Waals surface area contributed by atoms with Crippen LogP contribution in [-0.4, -0.2) is 25.7 Å². The van der Waals surface area contributed by atoms with Crippen molar-refractivity contribution in [3.63, 3.8) is 0 Å². The highest BCUT2D eigenvalue weighted by molar-refractivity contribution is 6.29. The number of hydrogen-bond donors (Lipinski definition) is 1. The monoisotopic (exact) mass is 265 g/mol. The van der Waals surface area contributed by atoms with Gasteiger partial charge in [0, 0.05) is 6.42 Å². The van der Waals surface area contributed by atoms with E-state index >= 15 is 0 Å². The smallest absolute Gasteiger partial charge is 0.226 e. The topological polar surface area (TPSA) is 72.7 Å². The lowest BCUT2D eigenvalue weighted by Gasteiger charge is -2.07. The molecule has 0 atom stereocenters. The molecule has 94 valence electrons. The second kappa shape index (κ2) is 5.59. The van der Waals surface area contributed by atoms with E-state index in [-0.39, 0.29) is 5.91 Å². The number of aryl methyl sites for hydroxylation is 2. The van der Waals surface area contributed by atoms with Crippen LogP contribution in [0.2, 0.25) is 5.15 Å². The van der Waals surface area contributed by atoms with Crippen molar-refractivity contribution in [3.8, 4) is 0 Å². The molecule has 0 aliphatic carbocycles. The fourth-order valence-corrected chi connectivity index (χ4v) is 1.63. The molecule has 2 aromatic rings. The summed E-state index contributed by atoms with van der Waals surface area (Å²) in [6, 6.07) is 3.37. The quantitative estimate of drug-likeness (QED) is 0.854. The van der Waals surface area contributed by atoms with Gasteiger partial charge in [0.05, 0.1) is 17.9 Å². The first-order valence-electron chi connectivity index (χ1n) is 5.40. The molecular formula is C11H12ClN5O. The molecule has 0 fully saturated rings. The van der Waals surface area contributed by atoms with Gasteiger partial charge in [-0.15, -0.1) is 0 Å². The van der Waals surface area contributed by atoms with Crippen LogP contribution in [0.5, 0.6) is 0 Å². The zero-order valence-electron chi connectivity index (χ0n) is 9.80. The van der Waals surface area contributed by atoms with Gasteiger partial charge in [-0.1, -0.05) is 11.6 Å². The molecule has 6 nitrogen and oxygen atoms in total. The van der Waals surface area contributed by atoms with Gasteiger partial charge in [-0.25, -0.2) is 9.97 Å². The summed E-state index contributed by atoms with van der Waals surface area (Å²) in [6.45, 7) is 2.28. The third-order valence-corrected chi connectivity index (χ3v) is 2.57. The van der Waals surface area contributed by atoms with Crippen molar-refractivity contribution in [3.05, 3.63) is 35.6 Å². The molecule has 0 unspecified atom stereocenters. The predicted molar refractivity (Wildman–Crippen MR) is 67.3 cm³/mol. The van der Waals surface area contributed by atoms with E-state index in [4.69, 9.17) is 11.6 Å². The number of aromatic nitrogens is 4. The molecule has 2 rings (SSSR count). The van der Waals surface area contributed by atoms with E-state index in [1.54, 1.807) is 30.1 Å². The van der Waals surface area contributed by atoms with Crippen LogP contribution in [0.3, 0.4) is 0 Å². The molecule has 0 radical (unpaired) electrons. The lowest BCUT2D eigenvalue weighted by molar-refractivity contribution is -0.116. The highest BCUT2D eigenvalue weighted by atomic mass is 35.5. The molecule has 0 aliphatic heterocycles. The minimum absolute atomic E-state index is 0.0993. The SMILES string of the molecule is Cc1nc(Cl)ccc1NC(=O)CCn1cncn1. The molecule has 1 N–H and O–H groups in total. The number of carbonyl (C=O) groups excluding carboxylic acids is 1. The highest BCUT2D eigenvalue weighted by Gasteiger charge is 2.06. The maximum absolute atomic E-state index is 11.7. The number of amides is 1. The number of hydrogen-bond acceptors (Lipinski definition) is 4. The van der Waals surface area contributed by atoms with Gasteiger partial charge in [0.2, 0.25) is 5.91 Å². The Kier molecular flexibility index (Phi) is 3.88. The minimum atomic E-state index is -0.0993. The van der Waals surface area contributed by atoms with E-state index < -0.39 is 0 Å². The van der Waals surface area contributed by atoms with Gasteiger partial charge >= 0.3 is 0 Å². The van der Waals surface area contributed by atoms with Crippen LogP contribution in [0.4, 0.5) is 5.69 Å². The lowest BCUT2D eigenvalue weighted by Crippen LogP contribution is -2.15. The van der Waals surface area contributed by atoms with Crippen molar-refractivity contribution < 1.29 is 4.79 Å². The number of nitrogens with one attached hydrogen (secondary N) is 1. The highest BCUT2D eigenvalue weighted by Crippen LogP contribution is 2.15. The van der Waals surface area contributed by atoms with Crippen molar-refractivity contribution >= 4 is 23.2 Å². The first-order chi connectivity index (χ1) is 8.65. The molecule has 18 heavy (non-hydrogen) atoms. The Hall–Kier alpha value is -1.95. The number of halogens is 1. The van der Waals surface area contributed by atoms with Crippen LogP contribution >= 0.6 is 11.6 Å². The van der Waals surface area contributed by atoms with Crippen LogP contribution in [0.15, 0.2) is 24.8 Å². The van der Waals surface area contributed by atoms with Gasteiger partial charge in [0.1, 0.15) is 17.8 Å². The van der Waals surface area contributed by atoms with E-state index in [0.29, 0.717) is 29.5 Å². The maximum atomic E-state index is 11.7. The Balaban J connectivity index is 1.91. The number of pyridine rings is 1. The van der Waals surface area contributed by atoms with E-state index in [9.17, 15) is 4.79 Å². The van der Waals surface area contributed by atoms with Crippen LogP contribution in [0, 0.1) is 6.92 Å². The maximum Gasteiger partial charge on any atom is 0.226 e. The van der Waals surface area contributed by atoms with Crippen LogP contribution < -0.4 is 5.32 Å². The van der Waals surface area contributed by atoms with E-state index in [1.165, 1.54) is 6.33 Å². The largest absolute Gasteiger partial charge is 0.324 e. The Morgan fingerprint density at radius 2 is 2.33 bits per heavy atom. The van der Waals surface area contributed by atoms with E-state index in [0.717, 1.165) is 0 Å². The molecule has 0 spiro atoms. The van der Waals surface area contributed by atoms with Crippen molar-refractivity contribution in [1.82, 2.24) is 19.7 Å². The van der Waals surface area contributed by atoms with E-state index in [1.807, 2.05) is 0 Å². The molecule has 0 aromatic carbocycles. The Morgan fingerprint density at radius 3 is 3.00 bits per heavy atom. The van der Waals surface area contributed by atoms with Gasteiger partial charge in [-0.3, -0.25) is 9.48 Å². The average Bonchev–Trinajstić information content (AvgIpc) is 2.83. The average molecular weight is 266 g/mol. The molecule has 2 aromatic heterocycles. The second-order valence-corrected chi connectivity index (χ2v) is 4.11. The van der Waals surface area contributed by atoms with Crippen LogP contribution in [0.25, 0.3) is 0 Å². The summed E-state index contributed by atoms with van der Waals surface area (Å²) in [4.78, 5) is 19.6. The molecule has 2 heterocycles. The lowest BCUT2D eigenvalue weighted by atomic mass is 10.3. The molecule has 0 saturated heterocycles. The molecule has 0 saturated carbocycles. The van der Waals surface area contributed by atoms with Crippen molar-refractivity contribution in [2.45, 2.75) is 19.9 Å². The van der Waals surface area contributed by atoms with Crippen molar-refractivity contribution in [2.75, 3.05) is 5.32 Å². The molecule has 0 aliphatic rings. The second-order valence-electron chi connectivity index (χ2n) is 3.72. The third-order valence-electron chi connectivity index (χ3n) is 2.36. The summed E-state index contributed by atoms with van der Waals surface area (Å²) in [6.07, 6.45) is 3.33. The number of carbonyl (C=O) groups is 1. The molecule has 7 heteroatoms. The third kappa shape index (κ3) is 3.27. The van der Waals surface area contributed by atoms with Gasteiger partial charge in [-0.05, 0) is 19.1 Å².